The van der Waals surface area contributed by atoms with Gasteiger partial charge >= 0.3 is 0 Å². The van der Waals surface area contributed by atoms with E-state index in [1.54, 1.807) is 0 Å². The first-order valence-electron chi connectivity index (χ1n) is 1.85. The summed E-state index contributed by atoms with van der Waals surface area (Å²) in [4.78, 5) is 9.40. The van der Waals surface area contributed by atoms with Crippen LogP contribution in [0.5, 0.6) is 0 Å². The molecule has 0 aromatic heterocycles. The van der Waals surface area contributed by atoms with Gasteiger partial charge in [-0.15, -0.1) is 0 Å². The maximum absolute atomic E-state index is 9.40. The van der Waals surface area contributed by atoms with Crippen molar-refractivity contribution in [2.24, 2.45) is 0 Å². The minimum atomic E-state index is 0. The average Bonchev–Trinajstić information content (AvgIpc) is 1.41. The summed E-state index contributed by atoms with van der Waals surface area (Å²) in [5.74, 6) is 0. The number of carbonyl (C=O) groups is 1. The summed E-state index contributed by atoms with van der Waals surface area (Å²) >= 11 is 0. The molecule has 0 aliphatic rings. The van der Waals surface area contributed by atoms with E-state index in [1.165, 1.54) is 0 Å². The molecule has 0 atom stereocenters. The number of aldehydes is 1. The predicted octanol–water partition coefficient (Wildman–Crippen LogP) is 0.985. The van der Waals surface area contributed by atoms with E-state index in [9.17, 15) is 4.79 Å². The zero-order chi connectivity index (χ0) is 4.12. The van der Waals surface area contributed by atoms with Crippen molar-refractivity contribution in [3.8, 4) is 0 Å². The fraction of sp³-hybridized carbons (Fsp3) is 0.750. The molecular weight excluding hydrogens is 203 g/mol. The average molecular weight is 211 g/mol. The first kappa shape index (κ1) is 9.98. The molecule has 6 heavy (non-hydrogen) atoms. The molecule has 0 unspecified atom stereocenters. The summed E-state index contributed by atoms with van der Waals surface area (Å²) in [7, 11) is 0. The van der Waals surface area contributed by atoms with E-state index < -0.39 is 0 Å². The molecule has 0 aliphatic heterocycles. The van der Waals surface area contributed by atoms with E-state index in [0.717, 1.165) is 12.7 Å². The number of carbonyl (C=O) groups excluding carboxylic acids is 1. The Bertz CT molecular complexity index is 28.7. The van der Waals surface area contributed by atoms with Gasteiger partial charge in [-0.25, -0.2) is 0 Å². The molecule has 0 aliphatic carbocycles. The molecule has 0 saturated carbocycles. The maximum atomic E-state index is 9.40. The molecule has 0 rings (SSSR count). The van der Waals surface area contributed by atoms with Crippen LogP contribution in [0.4, 0.5) is 0 Å². The molecule has 0 heterocycles. The third kappa shape index (κ3) is 8.85. The first-order chi connectivity index (χ1) is 2.41. The predicted molar refractivity (Wildman–Crippen MR) is 21.0 cm³/mol. The summed E-state index contributed by atoms with van der Waals surface area (Å²) in [5, 5.41) is 0. The Labute approximate surface area is 66.1 Å². The Morgan fingerprint density at radius 2 is 2.17 bits per heavy atom. The molecular formula is C4H8LaO. The van der Waals surface area contributed by atoms with Crippen LogP contribution in [0.3, 0.4) is 0 Å². The van der Waals surface area contributed by atoms with Gasteiger partial charge in [0, 0.05) is 42.0 Å². The van der Waals surface area contributed by atoms with Crippen LogP contribution in [-0.4, -0.2) is 6.29 Å². The van der Waals surface area contributed by atoms with Crippen molar-refractivity contribution in [2.45, 2.75) is 19.8 Å². The molecule has 1 radical (unpaired) electrons. The molecule has 0 fully saturated rings. The van der Waals surface area contributed by atoms with Gasteiger partial charge in [-0.1, -0.05) is 6.92 Å². The Kier molecular flexibility index (Phi) is 15.5. The van der Waals surface area contributed by atoms with Crippen LogP contribution in [0.25, 0.3) is 0 Å². The van der Waals surface area contributed by atoms with E-state index in [-0.39, 0.29) is 35.6 Å². The second-order valence-electron chi connectivity index (χ2n) is 0.955. The molecule has 0 aromatic rings. The Morgan fingerprint density at radius 3 is 2.17 bits per heavy atom. The van der Waals surface area contributed by atoms with Crippen molar-refractivity contribution in [3.63, 3.8) is 0 Å². The minimum Gasteiger partial charge on any atom is -0.303 e. The van der Waals surface area contributed by atoms with Crippen LogP contribution in [0.2, 0.25) is 0 Å². The van der Waals surface area contributed by atoms with Gasteiger partial charge in [-0.05, 0) is 6.42 Å². The smallest absolute Gasteiger partial charge is 0.119 e. The molecule has 33 valence electrons. The van der Waals surface area contributed by atoms with Crippen molar-refractivity contribution in [3.05, 3.63) is 0 Å². The van der Waals surface area contributed by atoms with Gasteiger partial charge in [0.15, 0.2) is 0 Å². The number of hydrogen-bond acceptors (Lipinski definition) is 1. The van der Waals surface area contributed by atoms with Gasteiger partial charge < -0.3 is 4.79 Å². The number of unbranched alkanes of at least 4 members (excludes halogenated alkanes) is 1. The van der Waals surface area contributed by atoms with Gasteiger partial charge in [0.2, 0.25) is 0 Å². The molecule has 0 bridgehead atoms. The number of hydrogen-bond donors (Lipinski definition) is 0. The van der Waals surface area contributed by atoms with Gasteiger partial charge in [0.25, 0.3) is 0 Å². The van der Waals surface area contributed by atoms with Crippen molar-refractivity contribution in [1.29, 1.82) is 0 Å². The monoisotopic (exact) mass is 211 g/mol. The zero-order valence-corrected chi connectivity index (χ0v) is 7.60. The number of rotatable bonds is 2. The van der Waals surface area contributed by atoms with Crippen LogP contribution in [-0.2, 0) is 4.79 Å². The Morgan fingerprint density at radius 1 is 1.67 bits per heavy atom. The minimum absolute atomic E-state index is 0. The largest absolute Gasteiger partial charge is 0.303 e. The van der Waals surface area contributed by atoms with E-state index in [4.69, 9.17) is 0 Å². The first-order valence-corrected chi connectivity index (χ1v) is 1.85. The van der Waals surface area contributed by atoms with Crippen molar-refractivity contribution in [2.75, 3.05) is 0 Å². The van der Waals surface area contributed by atoms with Crippen molar-refractivity contribution >= 4 is 6.29 Å². The molecule has 0 saturated heterocycles. The molecule has 0 amide bonds. The fourth-order valence-corrected chi connectivity index (χ4v) is 0.118. The molecule has 0 spiro atoms. The quantitative estimate of drug-likeness (QED) is 0.622. The van der Waals surface area contributed by atoms with Crippen molar-refractivity contribution in [1.82, 2.24) is 0 Å². The van der Waals surface area contributed by atoms with Crippen LogP contribution in [0, 0.1) is 35.6 Å². The van der Waals surface area contributed by atoms with Crippen LogP contribution in [0.15, 0.2) is 0 Å². The van der Waals surface area contributed by atoms with Gasteiger partial charge in [-0.3, -0.25) is 0 Å². The Balaban J connectivity index is 0. The standard InChI is InChI=1S/C4H8O.La/c1-2-3-4-5;/h4H,2-3H2,1H3;. The van der Waals surface area contributed by atoms with Gasteiger partial charge in [0.1, 0.15) is 6.29 Å². The van der Waals surface area contributed by atoms with Crippen molar-refractivity contribution < 1.29 is 40.4 Å². The zero-order valence-electron chi connectivity index (χ0n) is 3.98. The maximum Gasteiger partial charge on any atom is 0.119 e. The van der Waals surface area contributed by atoms with E-state index in [0.29, 0.717) is 6.42 Å². The molecule has 1 nitrogen and oxygen atoms in total. The van der Waals surface area contributed by atoms with E-state index in [2.05, 4.69) is 0 Å². The normalized spacial score (nSPS) is 6.17. The summed E-state index contributed by atoms with van der Waals surface area (Å²) in [5.41, 5.74) is 0. The van der Waals surface area contributed by atoms with Crippen LogP contribution in [0.1, 0.15) is 19.8 Å². The van der Waals surface area contributed by atoms with Gasteiger partial charge in [-0.2, -0.15) is 0 Å². The second-order valence-corrected chi connectivity index (χ2v) is 0.955. The Hall–Kier alpha value is 0.865. The van der Waals surface area contributed by atoms with E-state index >= 15 is 0 Å². The second kappa shape index (κ2) is 9.29. The van der Waals surface area contributed by atoms with Gasteiger partial charge in [0.05, 0.1) is 0 Å². The molecule has 2 heteroatoms. The SMILES string of the molecule is CCCC=O.[La]. The summed E-state index contributed by atoms with van der Waals surface area (Å²) in [6, 6.07) is 0. The summed E-state index contributed by atoms with van der Waals surface area (Å²) < 4.78 is 0. The summed E-state index contributed by atoms with van der Waals surface area (Å²) in [6.45, 7) is 1.98. The molecule has 0 N–H and O–H groups in total. The third-order valence-corrected chi connectivity index (χ3v) is 0.407. The van der Waals surface area contributed by atoms with Crippen LogP contribution < -0.4 is 0 Å². The van der Waals surface area contributed by atoms with Crippen LogP contribution >= 0.6 is 0 Å². The van der Waals surface area contributed by atoms with E-state index in [1.807, 2.05) is 6.92 Å². The summed E-state index contributed by atoms with van der Waals surface area (Å²) in [6.07, 6.45) is 2.61. The molecule has 0 aromatic carbocycles. The topological polar surface area (TPSA) is 17.1 Å². The third-order valence-electron chi connectivity index (χ3n) is 0.407. The fourth-order valence-electron chi connectivity index (χ4n) is 0.118.